The van der Waals surface area contributed by atoms with Crippen molar-refractivity contribution in [1.29, 1.82) is 0 Å². The molecule has 42 heavy (non-hydrogen) atoms. The lowest BCUT2D eigenvalue weighted by Gasteiger charge is -2.36. The molecule has 1 fully saturated rings. The first-order chi connectivity index (χ1) is 20.2. The molecule has 0 unspecified atom stereocenters. The third kappa shape index (κ3) is 4.92. The fraction of sp³-hybridized carbons (Fsp3) is 0.433. The molecule has 2 aliphatic rings. The van der Waals surface area contributed by atoms with Crippen molar-refractivity contribution in [1.82, 2.24) is 29.3 Å². The second-order valence-corrected chi connectivity index (χ2v) is 13.1. The lowest BCUT2D eigenvalue weighted by Crippen LogP contribution is -2.45. The smallest absolute Gasteiger partial charge is 0.304 e. The Hall–Kier alpha value is -3.90. The number of benzene rings is 1. The van der Waals surface area contributed by atoms with Crippen LogP contribution in [0.4, 0.5) is 5.82 Å². The fourth-order valence-corrected chi connectivity index (χ4v) is 7.93. The van der Waals surface area contributed by atoms with E-state index in [0.29, 0.717) is 30.3 Å². The molecule has 6 rings (SSSR count). The number of hydrogen-bond acceptors (Lipinski definition) is 8. The van der Waals surface area contributed by atoms with Crippen LogP contribution in [0.5, 0.6) is 0 Å². The van der Waals surface area contributed by atoms with Crippen molar-refractivity contribution in [3.8, 4) is 0 Å². The number of hydrogen-bond donors (Lipinski definition) is 1. The molecule has 0 aliphatic carbocycles. The molecule has 0 spiro atoms. The van der Waals surface area contributed by atoms with Gasteiger partial charge in [0.05, 0.1) is 24.2 Å². The summed E-state index contributed by atoms with van der Waals surface area (Å²) in [5, 5.41) is 18.5. The van der Waals surface area contributed by atoms with E-state index in [1.54, 1.807) is 18.3 Å². The van der Waals surface area contributed by atoms with Crippen LogP contribution in [-0.2, 0) is 27.9 Å². The van der Waals surface area contributed by atoms with E-state index in [9.17, 15) is 18.3 Å². The summed E-state index contributed by atoms with van der Waals surface area (Å²) < 4.78 is 31.3. The number of nitrogens with zero attached hydrogens (tertiary/aromatic N) is 7. The molecule has 0 radical (unpaired) electrons. The zero-order valence-corrected chi connectivity index (χ0v) is 24.9. The SMILES string of the molecule is CCn1nnc2c(C)c([C@@H](CC(=O)O)c3ccc(C)c(CN4C[C@H]5CCCCN5c5ncccc5S4(=O)=O)n3)ccc21. The van der Waals surface area contributed by atoms with E-state index in [4.69, 9.17) is 4.98 Å². The summed E-state index contributed by atoms with van der Waals surface area (Å²) in [5.41, 5.74) is 5.33. The van der Waals surface area contributed by atoms with Gasteiger partial charge in [-0.2, -0.15) is 4.31 Å². The van der Waals surface area contributed by atoms with E-state index in [1.807, 2.05) is 49.7 Å². The van der Waals surface area contributed by atoms with Gasteiger partial charge in [-0.15, -0.1) is 5.10 Å². The number of anilines is 1. The number of rotatable bonds is 7. The average molecular weight is 590 g/mol. The van der Waals surface area contributed by atoms with Crippen molar-refractivity contribution in [2.75, 3.05) is 18.0 Å². The normalized spacial score (nSPS) is 19.2. The first-order valence-electron chi connectivity index (χ1n) is 14.4. The summed E-state index contributed by atoms with van der Waals surface area (Å²) >= 11 is 0. The van der Waals surface area contributed by atoms with E-state index < -0.39 is 21.9 Å². The first-order valence-corrected chi connectivity index (χ1v) is 15.9. The Balaban J connectivity index is 1.40. The van der Waals surface area contributed by atoms with Crippen LogP contribution >= 0.6 is 0 Å². The van der Waals surface area contributed by atoms with Gasteiger partial charge in [-0.25, -0.2) is 18.1 Å². The molecule has 1 N–H and O–H groups in total. The number of carboxylic acids is 1. The molecule has 4 aromatic rings. The highest BCUT2D eigenvalue weighted by Crippen LogP contribution is 2.37. The summed E-state index contributed by atoms with van der Waals surface area (Å²) in [6.45, 7) is 7.71. The number of aromatic nitrogens is 5. The van der Waals surface area contributed by atoms with Crippen molar-refractivity contribution in [2.24, 2.45) is 0 Å². The number of carbonyl (C=O) groups is 1. The lowest BCUT2D eigenvalue weighted by molar-refractivity contribution is -0.137. The molecule has 2 aliphatic heterocycles. The minimum Gasteiger partial charge on any atom is -0.481 e. The number of sulfonamides is 1. The Labute approximate surface area is 245 Å². The third-order valence-electron chi connectivity index (χ3n) is 8.62. The highest BCUT2D eigenvalue weighted by atomic mass is 32.2. The highest BCUT2D eigenvalue weighted by molar-refractivity contribution is 7.89. The van der Waals surface area contributed by atoms with Crippen LogP contribution < -0.4 is 4.90 Å². The van der Waals surface area contributed by atoms with Crippen molar-refractivity contribution < 1.29 is 18.3 Å². The number of carboxylic acid groups (broad SMARTS) is 1. The Kier molecular flexibility index (Phi) is 7.44. The zero-order valence-electron chi connectivity index (χ0n) is 24.1. The summed E-state index contributed by atoms with van der Waals surface area (Å²) in [6.07, 6.45) is 4.41. The molecule has 12 heteroatoms. The van der Waals surface area contributed by atoms with Crippen LogP contribution in [0.15, 0.2) is 47.5 Å². The molecule has 3 aromatic heterocycles. The lowest BCUT2D eigenvalue weighted by atomic mass is 9.88. The maximum Gasteiger partial charge on any atom is 0.304 e. The largest absolute Gasteiger partial charge is 0.481 e. The molecule has 1 aromatic carbocycles. The van der Waals surface area contributed by atoms with Gasteiger partial charge in [-0.1, -0.05) is 17.3 Å². The molecule has 1 saturated heterocycles. The molecule has 220 valence electrons. The number of aryl methyl sites for hydroxylation is 3. The summed E-state index contributed by atoms with van der Waals surface area (Å²) in [5.74, 6) is -0.967. The van der Waals surface area contributed by atoms with Gasteiger partial charge in [0, 0.05) is 43.5 Å². The zero-order chi connectivity index (χ0) is 29.6. The summed E-state index contributed by atoms with van der Waals surface area (Å²) in [6, 6.07) is 10.9. The third-order valence-corrected chi connectivity index (χ3v) is 10.5. The molecule has 11 nitrogen and oxygen atoms in total. The van der Waals surface area contributed by atoms with Crippen molar-refractivity contribution >= 4 is 32.8 Å². The van der Waals surface area contributed by atoms with Gasteiger partial charge in [-0.3, -0.25) is 9.78 Å². The van der Waals surface area contributed by atoms with Crippen molar-refractivity contribution in [2.45, 2.75) is 76.4 Å². The van der Waals surface area contributed by atoms with Crippen LogP contribution in [0, 0.1) is 13.8 Å². The van der Waals surface area contributed by atoms with E-state index in [1.165, 1.54) is 4.31 Å². The average Bonchev–Trinajstić information content (AvgIpc) is 3.38. The van der Waals surface area contributed by atoms with Gasteiger partial charge in [0.2, 0.25) is 10.0 Å². The van der Waals surface area contributed by atoms with Gasteiger partial charge >= 0.3 is 5.97 Å². The molecular formula is C30H35N7O4S. The van der Waals surface area contributed by atoms with E-state index in [-0.39, 0.29) is 23.9 Å². The molecule has 0 amide bonds. The van der Waals surface area contributed by atoms with E-state index in [2.05, 4.69) is 20.2 Å². The fourth-order valence-electron chi connectivity index (χ4n) is 6.34. The Morgan fingerprint density at radius 2 is 1.98 bits per heavy atom. The number of fused-ring (bicyclic) bond motifs is 4. The van der Waals surface area contributed by atoms with Gasteiger partial charge in [0.1, 0.15) is 16.2 Å². The van der Waals surface area contributed by atoms with Crippen LogP contribution in [0.25, 0.3) is 11.0 Å². The van der Waals surface area contributed by atoms with Crippen LogP contribution in [0.2, 0.25) is 0 Å². The summed E-state index contributed by atoms with van der Waals surface area (Å²) in [4.78, 5) is 23.9. The standard InChI is InChI=1S/C30H35N7O4S/c1-4-37-26-13-11-22(20(3)29(26)33-34-37)23(16-28(38)39)24-12-10-19(2)25(32-24)18-35-17-21-8-5-6-15-36(21)30-27(42(35,40)41)9-7-14-31-30/h7,9-14,21,23H,4-6,8,15-18H2,1-3H3,(H,38,39)/t21-,23-/m1/s1. The van der Waals surface area contributed by atoms with Gasteiger partial charge in [0.25, 0.3) is 0 Å². The quantitative estimate of drug-likeness (QED) is 0.339. The predicted molar refractivity (Wildman–Crippen MR) is 158 cm³/mol. The number of aliphatic carboxylic acids is 1. The molecular weight excluding hydrogens is 554 g/mol. The van der Waals surface area contributed by atoms with Crippen LogP contribution in [0.3, 0.4) is 0 Å². The second kappa shape index (κ2) is 11.1. The Morgan fingerprint density at radius 3 is 2.76 bits per heavy atom. The second-order valence-electron chi connectivity index (χ2n) is 11.2. The van der Waals surface area contributed by atoms with Crippen LogP contribution in [0.1, 0.15) is 66.6 Å². The van der Waals surface area contributed by atoms with E-state index >= 15 is 0 Å². The van der Waals surface area contributed by atoms with Crippen molar-refractivity contribution in [3.05, 3.63) is 70.7 Å². The topological polar surface area (TPSA) is 134 Å². The predicted octanol–water partition coefficient (Wildman–Crippen LogP) is 4.03. The Bertz CT molecular complexity index is 1770. The highest BCUT2D eigenvalue weighted by Gasteiger charge is 2.39. The van der Waals surface area contributed by atoms with Crippen molar-refractivity contribution in [3.63, 3.8) is 0 Å². The number of piperidine rings is 1. The minimum absolute atomic E-state index is 0.0267. The van der Waals surface area contributed by atoms with Gasteiger partial charge < -0.3 is 10.0 Å². The first kappa shape index (κ1) is 28.2. The Morgan fingerprint density at radius 1 is 1.14 bits per heavy atom. The minimum atomic E-state index is -3.85. The van der Waals surface area contributed by atoms with E-state index in [0.717, 1.165) is 53.5 Å². The number of pyridine rings is 2. The maximum absolute atomic E-state index is 14.0. The summed E-state index contributed by atoms with van der Waals surface area (Å²) in [7, 11) is -3.85. The molecule has 0 bridgehead atoms. The van der Waals surface area contributed by atoms with Gasteiger partial charge in [-0.05, 0) is 81.0 Å². The van der Waals surface area contributed by atoms with Gasteiger partial charge in [0.15, 0.2) is 0 Å². The molecule has 2 atom stereocenters. The van der Waals surface area contributed by atoms with Crippen LogP contribution in [-0.4, -0.2) is 67.9 Å². The monoisotopic (exact) mass is 589 g/mol. The molecule has 0 saturated carbocycles. The maximum atomic E-state index is 14.0. The molecule has 5 heterocycles.